The minimum atomic E-state index is -5.81. The molecule has 0 aliphatic carbocycles. The Labute approximate surface area is 172 Å². The molecule has 30 heavy (non-hydrogen) atoms. The van der Waals surface area contributed by atoms with Crippen molar-refractivity contribution in [1.29, 1.82) is 0 Å². The molecule has 3 rings (SSSR count). The first kappa shape index (κ1) is 21.4. The first-order valence-electron chi connectivity index (χ1n) is 8.77. The first-order valence-corrected chi connectivity index (χ1v) is 10.2. The van der Waals surface area contributed by atoms with Crippen LogP contribution in [0.2, 0.25) is 0 Å². The highest BCUT2D eigenvalue weighted by Gasteiger charge is 2.48. The number of alkyl halides is 3. The molecule has 0 bridgehead atoms. The summed E-state index contributed by atoms with van der Waals surface area (Å²) in [5.74, 6) is -0.533. The molecular weight excluding hydrogens is 415 g/mol. The normalized spacial score (nSPS) is 11.4. The smallest absolute Gasteiger partial charge is 0.374 e. The fourth-order valence-electron chi connectivity index (χ4n) is 2.58. The number of halogens is 3. The van der Waals surface area contributed by atoms with Gasteiger partial charge in [-0.15, -0.1) is 5.73 Å². The zero-order chi connectivity index (χ0) is 21.6. The molecule has 1 heterocycles. The molecule has 0 unspecified atom stereocenters. The third-order valence-corrected chi connectivity index (χ3v) is 4.98. The van der Waals surface area contributed by atoms with Gasteiger partial charge in [0.25, 0.3) is 0 Å². The van der Waals surface area contributed by atoms with Crippen LogP contribution in [0.4, 0.5) is 13.2 Å². The standard InChI is InChI=1S/C22H16F3NO3S/c23-22(24,25)30(27,28)29-21-12-7-15-26-20(21)14-13-19(18-10-5-2-6-11-18)16-17-8-3-1-4-9-17/h1-12,14-15H,16H2. The molecule has 8 heteroatoms. The average Bonchev–Trinajstić information content (AvgIpc) is 2.72. The number of aromatic nitrogens is 1. The second-order valence-electron chi connectivity index (χ2n) is 6.17. The van der Waals surface area contributed by atoms with Crippen molar-refractivity contribution in [2.24, 2.45) is 0 Å². The summed E-state index contributed by atoms with van der Waals surface area (Å²) < 4.78 is 65.0. The average molecular weight is 431 g/mol. The number of pyridine rings is 1. The van der Waals surface area contributed by atoms with Crippen LogP contribution in [0.3, 0.4) is 0 Å². The predicted octanol–water partition coefficient (Wildman–Crippen LogP) is 5.25. The lowest BCUT2D eigenvalue weighted by Gasteiger charge is -2.10. The number of hydrogen-bond acceptors (Lipinski definition) is 4. The number of allylic oxidation sites excluding steroid dienone is 1. The molecule has 154 valence electrons. The van der Waals surface area contributed by atoms with Crippen molar-refractivity contribution in [1.82, 2.24) is 4.98 Å². The molecule has 0 fully saturated rings. The maximum atomic E-state index is 12.7. The fourth-order valence-corrected chi connectivity index (χ4v) is 3.05. The van der Waals surface area contributed by atoms with Gasteiger partial charge in [0.1, 0.15) is 5.69 Å². The van der Waals surface area contributed by atoms with Crippen LogP contribution in [-0.2, 0) is 16.5 Å². The van der Waals surface area contributed by atoms with Gasteiger partial charge in [-0.05, 0) is 23.3 Å². The molecule has 0 aliphatic rings. The van der Waals surface area contributed by atoms with Crippen molar-refractivity contribution in [2.45, 2.75) is 11.9 Å². The molecule has 0 saturated carbocycles. The van der Waals surface area contributed by atoms with Gasteiger partial charge in [0.15, 0.2) is 5.75 Å². The van der Waals surface area contributed by atoms with Gasteiger partial charge in [0, 0.05) is 24.3 Å². The Bertz CT molecular complexity index is 1170. The topological polar surface area (TPSA) is 56.3 Å². The Hall–Kier alpha value is -3.35. The minimum absolute atomic E-state index is 0.0909. The summed E-state index contributed by atoms with van der Waals surface area (Å²) in [6.07, 6.45) is 3.14. The molecule has 0 N–H and O–H groups in total. The van der Waals surface area contributed by atoms with E-state index in [1.54, 1.807) is 0 Å². The molecule has 0 spiro atoms. The molecule has 2 aromatic carbocycles. The summed E-state index contributed by atoms with van der Waals surface area (Å²) in [5.41, 5.74) is 0.0245. The lowest BCUT2D eigenvalue weighted by molar-refractivity contribution is -0.0500. The van der Waals surface area contributed by atoms with E-state index in [0.717, 1.165) is 22.8 Å². The highest BCUT2D eigenvalue weighted by molar-refractivity contribution is 7.88. The summed E-state index contributed by atoms with van der Waals surface area (Å²) >= 11 is 0. The van der Waals surface area contributed by atoms with Crippen LogP contribution >= 0.6 is 0 Å². The maximum Gasteiger partial charge on any atom is 0.534 e. The second kappa shape index (κ2) is 8.98. The van der Waals surface area contributed by atoms with Crippen LogP contribution in [0.5, 0.6) is 5.75 Å². The van der Waals surface area contributed by atoms with Crippen LogP contribution in [0.1, 0.15) is 16.8 Å². The zero-order valence-electron chi connectivity index (χ0n) is 15.5. The van der Waals surface area contributed by atoms with E-state index in [2.05, 4.69) is 14.9 Å². The van der Waals surface area contributed by atoms with Gasteiger partial charge in [-0.2, -0.15) is 21.6 Å². The van der Waals surface area contributed by atoms with E-state index in [1.807, 2.05) is 60.7 Å². The molecule has 0 radical (unpaired) electrons. The molecule has 0 saturated heterocycles. The van der Waals surface area contributed by atoms with Crippen molar-refractivity contribution in [2.75, 3.05) is 0 Å². The van der Waals surface area contributed by atoms with Crippen molar-refractivity contribution < 1.29 is 25.8 Å². The molecule has 3 aromatic rings. The lowest BCUT2D eigenvalue weighted by atomic mass is 9.99. The number of benzene rings is 2. The maximum absolute atomic E-state index is 12.7. The van der Waals surface area contributed by atoms with Gasteiger partial charge in [-0.1, -0.05) is 60.7 Å². The Morgan fingerprint density at radius 2 is 1.60 bits per heavy atom. The molecule has 0 amide bonds. The predicted molar refractivity (Wildman–Crippen MR) is 108 cm³/mol. The van der Waals surface area contributed by atoms with Gasteiger partial charge >= 0.3 is 15.6 Å². The van der Waals surface area contributed by atoms with Gasteiger partial charge < -0.3 is 4.18 Å². The van der Waals surface area contributed by atoms with Gasteiger partial charge in [-0.3, -0.25) is 4.98 Å². The summed E-state index contributed by atoms with van der Waals surface area (Å²) in [6.45, 7) is 0. The Kier molecular flexibility index (Phi) is 6.40. The van der Waals surface area contributed by atoms with Crippen molar-refractivity contribution in [3.63, 3.8) is 0 Å². The lowest BCUT2D eigenvalue weighted by Crippen LogP contribution is -2.28. The van der Waals surface area contributed by atoms with Crippen molar-refractivity contribution in [3.05, 3.63) is 102 Å². The van der Waals surface area contributed by atoms with Crippen LogP contribution < -0.4 is 4.18 Å². The molecule has 0 aliphatic heterocycles. The highest BCUT2D eigenvalue weighted by atomic mass is 32.2. The quantitative estimate of drug-likeness (QED) is 0.304. The summed E-state index contributed by atoms with van der Waals surface area (Å²) in [5, 5.41) is 0. The molecular formula is C22H16F3NO3S. The van der Waals surface area contributed by atoms with Crippen molar-refractivity contribution in [3.8, 4) is 5.75 Å². The Morgan fingerprint density at radius 3 is 2.23 bits per heavy atom. The van der Waals surface area contributed by atoms with Gasteiger partial charge in [0.05, 0.1) is 0 Å². The van der Waals surface area contributed by atoms with Crippen LogP contribution in [0, 0.1) is 0 Å². The van der Waals surface area contributed by atoms with E-state index in [1.165, 1.54) is 18.3 Å². The van der Waals surface area contributed by atoms with E-state index in [-0.39, 0.29) is 5.69 Å². The van der Waals surface area contributed by atoms with Crippen LogP contribution in [0.25, 0.3) is 11.6 Å². The molecule has 4 nitrogen and oxygen atoms in total. The van der Waals surface area contributed by atoms with Crippen LogP contribution in [-0.4, -0.2) is 18.9 Å². The number of nitrogens with zero attached hydrogens (tertiary/aromatic N) is 1. The summed E-state index contributed by atoms with van der Waals surface area (Å²) in [7, 11) is -5.81. The largest absolute Gasteiger partial charge is 0.534 e. The highest BCUT2D eigenvalue weighted by Crippen LogP contribution is 2.29. The number of hydrogen-bond donors (Lipinski definition) is 0. The van der Waals surface area contributed by atoms with E-state index >= 15 is 0 Å². The van der Waals surface area contributed by atoms with Crippen LogP contribution in [0.15, 0.2) is 84.7 Å². The zero-order valence-corrected chi connectivity index (χ0v) is 16.3. The minimum Gasteiger partial charge on any atom is -0.374 e. The van der Waals surface area contributed by atoms with E-state index in [4.69, 9.17) is 0 Å². The second-order valence-corrected chi connectivity index (χ2v) is 7.70. The fraction of sp³-hybridized carbons (Fsp3) is 0.0909. The Morgan fingerprint density at radius 1 is 0.967 bits per heavy atom. The number of rotatable bonds is 6. The monoisotopic (exact) mass is 431 g/mol. The van der Waals surface area contributed by atoms with E-state index in [0.29, 0.717) is 6.42 Å². The van der Waals surface area contributed by atoms with E-state index in [9.17, 15) is 21.6 Å². The van der Waals surface area contributed by atoms with Gasteiger partial charge in [-0.25, -0.2) is 0 Å². The van der Waals surface area contributed by atoms with E-state index < -0.39 is 21.4 Å². The Balaban J connectivity index is 2.03. The van der Waals surface area contributed by atoms with Gasteiger partial charge in [0.2, 0.25) is 0 Å². The third kappa shape index (κ3) is 5.37. The third-order valence-electron chi connectivity index (χ3n) is 4.01. The summed E-state index contributed by atoms with van der Waals surface area (Å²) in [4.78, 5) is 3.93. The first-order chi connectivity index (χ1) is 14.3. The van der Waals surface area contributed by atoms with Crippen molar-refractivity contribution >= 4 is 21.8 Å². The molecule has 0 atom stereocenters. The SMILES string of the molecule is O=S(=O)(Oc1cccnc1C=C=C(Cc1ccccc1)c1ccccc1)C(F)(F)F. The summed E-state index contributed by atoms with van der Waals surface area (Å²) in [6, 6.07) is 21.3. The molecule has 1 aromatic heterocycles.